The molecule has 1 saturated carbocycles. The first-order valence-electron chi connectivity index (χ1n) is 6.14. The van der Waals surface area contributed by atoms with Crippen LogP contribution < -0.4 is 10.5 Å². The van der Waals surface area contributed by atoms with Crippen LogP contribution in [-0.4, -0.2) is 17.6 Å². The van der Waals surface area contributed by atoms with Crippen molar-refractivity contribution in [3.63, 3.8) is 0 Å². The standard InChI is InChI=1S/C13H18N2O3/c1-18-12-5-4-11(15(16)17)8-10(12)9-13(14)6-2-3-7-13/h4-5,8H,2-3,6-7,9,14H2,1H3. The van der Waals surface area contributed by atoms with E-state index >= 15 is 0 Å². The predicted molar refractivity (Wildman–Crippen MR) is 68.7 cm³/mol. The molecule has 0 amide bonds. The van der Waals surface area contributed by atoms with Crippen molar-refractivity contribution in [2.75, 3.05) is 7.11 Å². The van der Waals surface area contributed by atoms with Crippen LogP contribution >= 0.6 is 0 Å². The van der Waals surface area contributed by atoms with E-state index in [2.05, 4.69) is 0 Å². The fourth-order valence-electron chi connectivity index (χ4n) is 2.65. The van der Waals surface area contributed by atoms with Gasteiger partial charge in [-0.15, -0.1) is 0 Å². The highest BCUT2D eigenvalue weighted by molar-refractivity contribution is 5.44. The molecule has 5 nitrogen and oxygen atoms in total. The van der Waals surface area contributed by atoms with Crippen LogP contribution in [0, 0.1) is 10.1 Å². The number of nitrogens with zero attached hydrogens (tertiary/aromatic N) is 1. The van der Waals surface area contributed by atoms with Gasteiger partial charge in [0.2, 0.25) is 0 Å². The zero-order valence-corrected chi connectivity index (χ0v) is 10.5. The molecule has 0 heterocycles. The van der Waals surface area contributed by atoms with Crippen molar-refractivity contribution < 1.29 is 9.66 Å². The molecule has 2 rings (SSSR count). The lowest BCUT2D eigenvalue weighted by molar-refractivity contribution is -0.384. The lowest BCUT2D eigenvalue weighted by Crippen LogP contribution is -2.38. The summed E-state index contributed by atoms with van der Waals surface area (Å²) in [4.78, 5) is 10.4. The van der Waals surface area contributed by atoms with E-state index in [9.17, 15) is 10.1 Å². The molecular weight excluding hydrogens is 232 g/mol. The van der Waals surface area contributed by atoms with Gasteiger partial charge in [0.05, 0.1) is 12.0 Å². The van der Waals surface area contributed by atoms with Gasteiger partial charge in [0, 0.05) is 23.2 Å². The van der Waals surface area contributed by atoms with Gasteiger partial charge in [-0.2, -0.15) is 0 Å². The van der Waals surface area contributed by atoms with Crippen LogP contribution in [0.3, 0.4) is 0 Å². The summed E-state index contributed by atoms with van der Waals surface area (Å²) in [7, 11) is 1.57. The number of nitro groups is 1. The van der Waals surface area contributed by atoms with Crippen molar-refractivity contribution in [3.05, 3.63) is 33.9 Å². The van der Waals surface area contributed by atoms with Crippen LogP contribution in [0.5, 0.6) is 5.75 Å². The van der Waals surface area contributed by atoms with Crippen LogP contribution in [0.4, 0.5) is 5.69 Å². The van der Waals surface area contributed by atoms with E-state index in [1.165, 1.54) is 6.07 Å². The third-order valence-electron chi connectivity index (χ3n) is 3.62. The summed E-state index contributed by atoms with van der Waals surface area (Å²) in [5.74, 6) is 0.678. The van der Waals surface area contributed by atoms with Crippen LogP contribution in [-0.2, 0) is 6.42 Å². The van der Waals surface area contributed by atoms with Gasteiger partial charge in [-0.25, -0.2) is 0 Å². The summed E-state index contributed by atoms with van der Waals surface area (Å²) in [5.41, 5.74) is 7.00. The molecular formula is C13H18N2O3. The molecule has 1 aliphatic rings. The first-order valence-corrected chi connectivity index (χ1v) is 6.14. The second-order valence-electron chi connectivity index (χ2n) is 5.00. The summed E-state index contributed by atoms with van der Waals surface area (Å²) < 4.78 is 5.26. The molecule has 5 heteroatoms. The Kier molecular flexibility index (Phi) is 3.52. The molecule has 2 N–H and O–H groups in total. The quantitative estimate of drug-likeness (QED) is 0.657. The topological polar surface area (TPSA) is 78.4 Å². The van der Waals surface area contributed by atoms with Gasteiger partial charge in [-0.05, 0) is 25.3 Å². The fourth-order valence-corrected chi connectivity index (χ4v) is 2.65. The van der Waals surface area contributed by atoms with E-state index in [4.69, 9.17) is 10.5 Å². The highest BCUT2D eigenvalue weighted by atomic mass is 16.6. The minimum atomic E-state index is -0.388. The molecule has 18 heavy (non-hydrogen) atoms. The summed E-state index contributed by atoms with van der Waals surface area (Å²) in [5, 5.41) is 10.8. The van der Waals surface area contributed by atoms with E-state index in [1.807, 2.05) is 0 Å². The van der Waals surface area contributed by atoms with Crippen molar-refractivity contribution in [1.29, 1.82) is 0 Å². The maximum Gasteiger partial charge on any atom is 0.269 e. The molecule has 0 aliphatic heterocycles. The van der Waals surface area contributed by atoms with Gasteiger partial charge in [-0.3, -0.25) is 10.1 Å². The molecule has 1 fully saturated rings. The molecule has 1 aliphatic carbocycles. The first-order chi connectivity index (χ1) is 8.54. The number of hydrogen-bond donors (Lipinski definition) is 1. The molecule has 0 radical (unpaired) electrons. The summed E-state index contributed by atoms with van der Waals surface area (Å²) >= 11 is 0. The molecule has 0 unspecified atom stereocenters. The molecule has 0 aromatic heterocycles. The van der Waals surface area contributed by atoms with Crippen molar-refractivity contribution in [3.8, 4) is 5.75 Å². The lowest BCUT2D eigenvalue weighted by atomic mass is 9.90. The summed E-state index contributed by atoms with van der Waals surface area (Å²) in [6.07, 6.45) is 4.84. The van der Waals surface area contributed by atoms with E-state index in [0.717, 1.165) is 31.2 Å². The number of benzene rings is 1. The van der Waals surface area contributed by atoms with Gasteiger partial charge in [0.25, 0.3) is 5.69 Å². The molecule has 0 saturated heterocycles. The van der Waals surface area contributed by atoms with Crippen LogP contribution in [0.1, 0.15) is 31.2 Å². The van der Waals surface area contributed by atoms with Crippen molar-refractivity contribution in [1.82, 2.24) is 0 Å². The third kappa shape index (κ3) is 2.61. The zero-order chi connectivity index (χ0) is 13.2. The van der Waals surface area contributed by atoms with E-state index < -0.39 is 0 Å². The smallest absolute Gasteiger partial charge is 0.269 e. The Bertz CT molecular complexity index is 454. The maximum absolute atomic E-state index is 10.8. The van der Waals surface area contributed by atoms with Crippen LogP contribution in [0.2, 0.25) is 0 Å². The van der Waals surface area contributed by atoms with Crippen LogP contribution in [0.25, 0.3) is 0 Å². The number of nitro benzene ring substituents is 1. The second kappa shape index (κ2) is 4.94. The minimum absolute atomic E-state index is 0.0902. The fraction of sp³-hybridized carbons (Fsp3) is 0.538. The Morgan fingerprint density at radius 2 is 2.11 bits per heavy atom. The number of ether oxygens (including phenoxy) is 1. The van der Waals surface area contributed by atoms with E-state index in [0.29, 0.717) is 12.2 Å². The minimum Gasteiger partial charge on any atom is -0.496 e. The Balaban J connectivity index is 2.29. The second-order valence-corrected chi connectivity index (χ2v) is 5.00. The average Bonchev–Trinajstić information content (AvgIpc) is 2.75. The van der Waals surface area contributed by atoms with Gasteiger partial charge in [0.15, 0.2) is 0 Å². The van der Waals surface area contributed by atoms with Gasteiger partial charge in [0.1, 0.15) is 5.75 Å². The Labute approximate surface area is 106 Å². The number of rotatable bonds is 4. The largest absolute Gasteiger partial charge is 0.496 e. The maximum atomic E-state index is 10.8. The molecule has 1 aromatic carbocycles. The predicted octanol–water partition coefficient (Wildman–Crippen LogP) is 2.42. The molecule has 0 atom stereocenters. The molecule has 0 spiro atoms. The normalized spacial score (nSPS) is 17.7. The van der Waals surface area contributed by atoms with E-state index in [-0.39, 0.29) is 16.1 Å². The number of non-ortho nitro benzene ring substituents is 1. The highest BCUT2D eigenvalue weighted by Crippen LogP contribution is 2.34. The van der Waals surface area contributed by atoms with Crippen molar-refractivity contribution >= 4 is 5.69 Å². The zero-order valence-electron chi connectivity index (χ0n) is 10.5. The highest BCUT2D eigenvalue weighted by Gasteiger charge is 2.30. The lowest BCUT2D eigenvalue weighted by Gasteiger charge is -2.24. The third-order valence-corrected chi connectivity index (χ3v) is 3.62. The molecule has 1 aromatic rings. The van der Waals surface area contributed by atoms with Gasteiger partial charge < -0.3 is 10.5 Å². The van der Waals surface area contributed by atoms with Crippen molar-refractivity contribution in [2.45, 2.75) is 37.6 Å². The average molecular weight is 250 g/mol. The number of methoxy groups -OCH3 is 1. The first kappa shape index (κ1) is 12.8. The summed E-state index contributed by atoms with van der Waals surface area (Å²) in [6, 6.07) is 4.68. The molecule has 0 bridgehead atoms. The Morgan fingerprint density at radius 1 is 1.44 bits per heavy atom. The Hall–Kier alpha value is -1.62. The Morgan fingerprint density at radius 3 is 2.67 bits per heavy atom. The molecule has 98 valence electrons. The van der Waals surface area contributed by atoms with Gasteiger partial charge in [-0.1, -0.05) is 12.8 Å². The monoisotopic (exact) mass is 250 g/mol. The number of hydrogen-bond acceptors (Lipinski definition) is 4. The summed E-state index contributed by atoms with van der Waals surface area (Å²) in [6.45, 7) is 0. The van der Waals surface area contributed by atoms with Gasteiger partial charge >= 0.3 is 0 Å². The number of nitrogens with two attached hydrogens (primary N) is 1. The SMILES string of the molecule is COc1ccc([N+](=O)[O-])cc1CC1(N)CCCC1. The van der Waals surface area contributed by atoms with Crippen LogP contribution in [0.15, 0.2) is 18.2 Å². The van der Waals surface area contributed by atoms with E-state index in [1.54, 1.807) is 19.2 Å². The van der Waals surface area contributed by atoms with Crippen molar-refractivity contribution in [2.24, 2.45) is 5.73 Å².